The van der Waals surface area contributed by atoms with Gasteiger partial charge in [-0.3, -0.25) is 0 Å². The van der Waals surface area contributed by atoms with Gasteiger partial charge in [-0.15, -0.1) is 10.2 Å². The Kier molecular flexibility index (Phi) is 4.68. The van der Waals surface area contributed by atoms with Gasteiger partial charge in [0.05, 0.1) is 24.3 Å². The number of hydrogen-bond acceptors (Lipinski definition) is 4. The molecule has 7 heteroatoms. The largest absolute Gasteiger partial charge is 0.342 e. The van der Waals surface area contributed by atoms with Gasteiger partial charge in [0.2, 0.25) is 5.79 Å². The molecule has 1 fully saturated rings. The summed E-state index contributed by atoms with van der Waals surface area (Å²) in [6.45, 7) is 3.09. The van der Waals surface area contributed by atoms with Crippen molar-refractivity contribution in [3.8, 4) is 0 Å². The van der Waals surface area contributed by atoms with Crippen LogP contribution in [0, 0.1) is 0 Å². The molecule has 22 heavy (non-hydrogen) atoms. The summed E-state index contributed by atoms with van der Waals surface area (Å²) in [5.74, 6) is -0.941. The molecule has 2 aromatic rings. The summed E-state index contributed by atoms with van der Waals surface area (Å²) in [7, 11) is 0. The van der Waals surface area contributed by atoms with E-state index in [9.17, 15) is 0 Å². The number of halogens is 2. The highest BCUT2D eigenvalue weighted by Crippen LogP contribution is 2.41. The maximum Gasteiger partial charge on any atom is 0.215 e. The number of nitrogens with zero attached hydrogens (tertiary/aromatic N) is 3. The minimum atomic E-state index is -0.941. The van der Waals surface area contributed by atoms with E-state index in [0.717, 1.165) is 18.4 Å². The van der Waals surface area contributed by atoms with E-state index in [2.05, 4.69) is 17.1 Å². The fraction of sp³-hybridized carbons (Fsp3) is 0.467. The Bertz CT molecular complexity index is 636. The monoisotopic (exact) mass is 341 g/mol. The highest BCUT2D eigenvalue weighted by Gasteiger charge is 2.44. The minimum Gasteiger partial charge on any atom is -0.342 e. The third kappa shape index (κ3) is 3.13. The molecule has 1 aliphatic heterocycles. The van der Waals surface area contributed by atoms with Crippen molar-refractivity contribution in [2.45, 2.75) is 38.2 Å². The Morgan fingerprint density at radius 1 is 1.32 bits per heavy atom. The molecule has 1 saturated heterocycles. The molecular weight excluding hydrogens is 325 g/mol. The van der Waals surface area contributed by atoms with Crippen LogP contribution < -0.4 is 0 Å². The molecule has 0 spiro atoms. The normalized spacial score (nSPS) is 24.8. The van der Waals surface area contributed by atoms with Crippen LogP contribution in [0.25, 0.3) is 0 Å². The van der Waals surface area contributed by atoms with E-state index in [1.54, 1.807) is 24.8 Å². The standard InChI is InChI=1S/C15H17Cl2N3O2/c1-2-3-12-7-21-15(22-12,8-20-9-18-19-10-20)13-5-4-11(16)6-14(13)17/h4-6,9-10,12H,2-3,7-8H2,1H3/t12-,15-/m1/s1. The molecule has 118 valence electrons. The summed E-state index contributed by atoms with van der Waals surface area (Å²) in [4.78, 5) is 0. The molecule has 1 aromatic heterocycles. The average Bonchev–Trinajstić information content (AvgIpc) is 3.10. The summed E-state index contributed by atoms with van der Waals surface area (Å²) < 4.78 is 14.1. The summed E-state index contributed by atoms with van der Waals surface area (Å²) in [5, 5.41) is 8.76. The lowest BCUT2D eigenvalue weighted by molar-refractivity contribution is -0.187. The Balaban J connectivity index is 1.96. The first kappa shape index (κ1) is 15.7. The van der Waals surface area contributed by atoms with Crippen LogP contribution in [-0.2, 0) is 21.8 Å². The maximum absolute atomic E-state index is 6.38. The van der Waals surface area contributed by atoms with Crippen molar-refractivity contribution in [2.75, 3.05) is 6.61 Å². The van der Waals surface area contributed by atoms with Crippen LogP contribution in [0.5, 0.6) is 0 Å². The molecule has 0 unspecified atom stereocenters. The number of benzene rings is 1. The molecule has 0 saturated carbocycles. The quantitative estimate of drug-likeness (QED) is 0.832. The van der Waals surface area contributed by atoms with Gasteiger partial charge in [0, 0.05) is 10.6 Å². The maximum atomic E-state index is 6.38. The average molecular weight is 342 g/mol. The molecule has 0 N–H and O–H groups in total. The number of ether oxygens (including phenoxy) is 2. The molecule has 0 aliphatic carbocycles. The fourth-order valence-electron chi connectivity index (χ4n) is 2.68. The fourth-order valence-corrected chi connectivity index (χ4v) is 3.23. The summed E-state index contributed by atoms with van der Waals surface area (Å²) in [5.41, 5.74) is 0.769. The first-order valence-electron chi connectivity index (χ1n) is 7.22. The van der Waals surface area contributed by atoms with Crippen LogP contribution >= 0.6 is 23.2 Å². The van der Waals surface area contributed by atoms with Gasteiger partial charge in [0.25, 0.3) is 0 Å². The molecular formula is C15H17Cl2N3O2. The van der Waals surface area contributed by atoms with Gasteiger partial charge in [-0.1, -0.05) is 42.6 Å². The Hall–Kier alpha value is -1.14. The van der Waals surface area contributed by atoms with Gasteiger partial charge in [0.1, 0.15) is 12.7 Å². The number of rotatable bonds is 5. The van der Waals surface area contributed by atoms with E-state index in [1.807, 2.05) is 10.6 Å². The van der Waals surface area contributed by atoms with Crippen molar-refractivity contribution in [3.05, 3.63) is 46.5 Å². The van der Waals surface area contributed by atoms with Crippen molar-refractivity contribution < 1.29 is 9.47 Å². The molecule has 3 rings (SSSR count). The van der Waals surface area contributed by atoms with E-state index in [-0.39, 0.29) is 6.10 Å². The lowest BCUT2D eigenvalue weighted by Gasteiger charge is -2.29. The second-order valence-electron chi connectivity index (χ2n) is 5.35. The smallest absolute Gasteiger partial charge is 0.215 e. The molecule has 0 radical (unpaired) electrons. The van der Waals surface area contributed by atoms with E-state index in [1.165, 1.54) is 0 Å². The van der Waals surface area contributed by atoms with Crippen LogP contribution in [0.4, 0.5) is 0 Å². The summed E-state index contributed by atoms with van der Waals surface area (Å²) in [6.07, 6.45) is 5.28. The van der Waals surface area contributed by atoms with Crippen LogP contribution in [0.1, 0.15) is 25.3 Å². The molecule has 5 nitrogen and oxygen atoms in total. The minimum absolute atomic E-state index is 0.0493. The zero-order valence-electron chi connectivity index (χ0n) is 12.2. The van der Waals surface area contributed by atoms with Crippen LogP contribution in [0.15, 0.2) is 30.9 Å². The van der Waals surface area contributed by atoms with E-state index >= 15 is 0 Å². The topological polar surface area (TPSA) is 49.2 Å². The predicted octanol–water partition coefficient (Wildman–Crippen LogP) is 3.65. The van der Waals surface area contributed by atoms with E-state index in [0.29, 0.717) is 23.2 Å². The Morgan fingerprint density at radius 2 is 2.09 bits per heavy atom. The molecule has 1 aliphatic rings. The third-order valence-corrected chi connectivity index (χ3v) is 4.22. The first-order valence-corrected chi connectivity index (χ1v) is 7.98. The van der Waals surface area contributed by atoms with Crippen molar-refractivity contribution in [3.63, 3.8) is 0 Å². The van der Waals surface area contributed by atoms with Gasteiger partial charge in [-0.2, -0.15) is 0 Å². The van der Waals surface area contributed by atoms with Gasteiger partial charge in [0.15, 0.2) is 0 Å². The van der Waals surface area contributed by atoms with Crippen molar-refractivity contribution in [2.24, 2.45) is 0 Å². The van der Waals surface area contributed by atoms with Crippen molar-refractivity contribution >= 4 is 23.2 Å². The SMILES string of the molecule is CCC[C@@H]1CO[C@@](Cn2cnnc2)(c2ccc(Cl)cc2Cl)O1. The highest BCUT2D eigenvalue weighted by molar-refractivity contribution is 6.35. The van der Waals surface area contributed by atoms with Gasteiger partial charge < -0.3 is 14.0 Å². The van der Waals surface area contributed by atoms with Gasteiger partial charge >= 0.3 is 0 Å². The Morgan fingerprint density at radius 3 is 2.77 bits per heavy atom. The molecule has 0 bridgehead atoms. The van der Waals surface area contributed by atoms with Gasteiger partial charge in [-0.05, 0) is 18.6 Å². The van der Waals surface area contributed by atoms with Crippen LogP contribution in [-0.4, -0.2) is 27.5 Å². The number of hydrogen-bond donors (Lipinski definition) is 0. The van der Waals surface area contributed by atoms with Crippen LogP contribution in [0.2, 0.25) is 10.0 Å². The van der Waals surface area contributed by atoms with Crippen molar-refractivity contribution in [1.29, 1.82) is 0 Å². The lowest BCUT2D eigenvalue weighted by atomic mass is 10.1. The first-order chi connectivity index (χ1) is 10.6. The van der Waals surface area contributed by atoms with Crippen LogP contribution in [0.3, 0.4) is 0 Å². The zero-order valence-corrected chi connectivity index (χ0v) is 13.7. The molecule has 0 amide bonds. The zero-order chi connectivity index (χ0) is 15.6. The molecule has 2 heterocycles. The Labute approximate surface area is 139 Å². The lowest BCUT2D eigenvalue weighted by Crippen LogP contribution is -2.33. The van der Waals surface area contributed by atoms with Gasteiger partial charge in [-0.25, -0.2) is 0 Å². The van der Waals surface area contributed by atoms with E-state index in [4.69, 9.17) is 32.7 Å². The van der Waals surface area contributed by atoms with Crippen molar-refractivity contribution in [1.82, 2.24) is 14.8 Å². The second kappa shape index (κ2) is 6.54. The van der Waals surface area contributed by atoms with E-state index < -0.39 is 5.79 Å². The molecule has 2 atom stereocenters. The predicted molar refractivity (Wildman–Crippen MR) is 83.9 cm³/mol. The molecule has 1 aromatic carbocycles. The highest BCUT2D eigenvalue weighted by atomic mass is 35.5. The summed E-state index contributed by atoms with van der Waals surface area (Å²) >= 11 is 12.4. The number of aromatic nitrogens is 3. The summed E-state index contributed by atoms with van der Waals surface area (Å²) in [6, 6.07) is 5.34. The third-order valence-electron chi connectivity index (χ3n) is 3.67. The second-order valence-corrected chi connectivity index (χ2v) is 6.19.